The van der Waals surface area contributed by atoms with Gasteiger partial charge in [-0.3, -0.25) is 0 Å². The summed E-state index contributed by atoms with van der Waals surface area (Å²) in [6.45, 7) is 11.3. The Hall–Kier alpha value is -2.35. The second kappa shape index (κ2) is 10.6. The van der Waals surface area contributed by atoms with Gasteiger partial charge in [0.2, 0.25) is 0 Å². The van der Waals surface area contributed by atoms with E-state index in [1.807, 2.05) is 6.92 Å². The Morgan fingerprint density at radius 1 is 1.10 bits per heavy atom. The van der Waals surface area contributed by atoms with Crippen LogP contribution in [0.3, 0.4) is 0 Å². The molecular formula is C22H32F3N5. The van der Waals surface area contributed by atoms with E-state index in [1.54, 1.807) is 13.0 Å². The van der Waals surface area contributed by atoms with Gasteiger partial charge in [0.05, 0.1) is 11.3 Å². The molecule has 0 bridgehead atoms. The molecule has 0 saturated carbocycles. The van der Waals surface area contributed by atoms with E-state index in [0.717, 1.165) is 23.7 Å². The number of likely N-dealkylation sites (tertiary alicyclic amines) is 1. The van der Waals surface area contributed by atoms with E-state index in [-0.39, 0.29) is 0 Å². The maximum absolute atomic E-state index is 12.8. The Morgan fingerprint density at radius 2 is 1.77 bits per heavy atom. The van der Waals surface area contributed by atoms with E-state index in [2.05, 4.69) is 34.3 Å². The smallest absolute Gasteiger partial charge is 0.385 e. The Balaban J connectivity index is 0.000000297. The minimum Gasteiger partial charge on any atom is -0.385 e. The molecule has 1 aromatic carbocycles. The Morgan fingerprint density at radius 3 is 2.27 bits per heavy atom. The van der Waals surface area contributed by atoms with E-state index in [0.29, 0.717) is 29.3 Å². The zero-order valence-electron chi connectivity index (χ0n) is 18.2. The van der Waals surface area contributed by atoms with Crippen LogP contribution in [-0.4, -0.2) is 40.8 Å². The summed E-state index contributed by atoms with van der Waals surface area (Å²) in [6, 6.07) is 5.97. The Labute approximate surface area is 176 Å². The first-order chi connectivity index (χ1) is 14.1. The standard InChI is InChI=1S/C14H15F3N4.C8H17N/c1-3-19-11-7-9(14(15,16)17)4-5-10(11)12-6-8(2)13(18)21-20-12;1-8(2)9-6-4-3-5-7-9/h4-7,19H,3H2,1-2H3,(H2,18,21);8H,3-7H2,1-2H3. The van der Waals surface area contributed by atoms with Gasteiger partial charge in [-0.15, -0.1) is 10.2 Å². The largest absolute Gasteiger partial charge is 0.416 e. The van der Waals surface area contributed by atoms with Gasteiger partial charge in [0.1, 0.15) is 5.82 Å². The maximum atomic E-state index is 12.8. The van der Waals surface area contributed by atoms with E-state index < -0.39 is 11.7 Å². The van der Waals surface area contributed by atoms with Crippen molar-refractivity contribution >= 4 is 11.5 Å². The number of alkyl halides is 3. The molecule has 1 saturated heterocycles. The zero-order chi connectivity index (χ0) is 22.3. The van der Waals surface area contributed by atoms with Crippen LogP contribution in [0.2, 0.25) is 0 Å². The molecule has 3 rings (SSSR count). The Bertz CT molecular complexity index is 815. The van der Waals surface area contributed by atoms with Crippen LogP contribution in [0, 0.1) is 6.92 Å². The molecule has 0 aliphatic carbocycles. The lowest BCUT2D eigenvalue weighted by atomic mass is 10.0. The van der Waals surface area contributed by atoms with Crippen LogP contribution in [0.25, 0.3) is 11.3 Å². The molecule has 1 aliphatic heterocycles. The number of halogens is 3. The highest BCUT2D eigenvalue weighted by Crippen LogP contribution is 2.35. The molecule has 1 aliphatic rings. The summed E-state index contributed by atoms with van der Waals surface area (Å²) in [5.41, 5.74) is 7.03. The fourth-order valence-electron chi connectivity index (χ4n) is 3.34. The monoisotopic (exact) mass is 423 g/mol. The van der Waals surface area contributed by atoms with E-state index >= 15 is 0 Å². The van der Waals surface area contributed by atoms with Crippen LogP contribution in [-0.2, 0) is 6.18 Å². The molecule has 30 heavy (non-hydrogen) atoms. The average molecular weight is 424 g/mol. The van der Waals surface area contributed by atoms with Crippen LogP contribution < -0.4 is 11.1 Å². The van der Waals surface area contributed by atoms with Crippen LogP contribution in [0.1, 0.15) is 51.2 Å². The normalized spacial score (nSPS) is 14.9. The van der Waals surface area contributed by atoms with Gasteiger partial charge in [0.15, 0.2) is 0 Å². The van der Waals surface area contributed by atoms with Gasteiger partial charge in [0, 0.05) is 23.8 Å². The molecule has 0 amide bonds. The van der Waals surface area contributed by atoms with Crippen LogP contribution >= 0.6 is 0 Å². The lowest BCUT2D eigenvalue weighted by Gasteiger charge is -2.29. The number of aryl methyl sites for hydroxylation is 1. The highest BCUT2D eigenvalue weighted by atomic mass is 19.4. The SMILES string of the molecule is CC(C)N1CCCCC1.CCNc1cc(C(F)(F)F)ccc1-c1cc(C)c(N)nn1. The molecule has 0 radical (unpaired) electrons. The molecule has 1 aromatic heterocycles. The molecule has 0 atom stereocenters. The van der Waals surface area contributed by atoms with Crippen molar-refractivity contribution < 1.29 is 13.2 Å². The van der Waals surface area contributed by atoms with Gasteiger partial charge >= 0.3 is 6.18 Å². The summed E-state index contributed by atoms with van der Waals surface area (Å²) in [5.74, 6) is 0.302. The molecule has 8 heteroatoms. The molecule has 5 nitrogen and oxygen atoms in total. The van der Waals surface area contributed by atoms with Gasteiger partial charge in [0.25, 0.3) is 0 Å². The summed E-state index contributed by atoms with van der Waals surface area (Å²) < 4.78 is 38.4. The minimum absolute atomic E-state index is 0.302. The summed E-state index contributed by atoms with van der Waals surface area (Å²) in [5, 5.41) is 10.7. The molecule has 2 heterocycles. The number of hydrogen-bond acceptors (Lipinski definition) is 5. The fourth-order valence-corrected chi connectivity index (χ4v) is 3.34. The topological polar surface area (TPSA) is 67.1 Å². The number of anilines is 2. The maximum Gasteiger partial charge on any atom is 0.416 e. The number of nitrogen functional groups attached to an aromatic ring is 1. The minimum atomic E-state index is -4.38. The number of aromatic nitrogens is 2. The third-order valence-electron chi connectivity index (χ3n) is 5.13. The van der Waals surface area contributed by atoms with Crippen LogP contribution in [0.15, 0.2) is 24.3 Å². The first kappa shape index (κ1) is 23.9. The number of rotatable bonds is 4. The molecular weight excluding hydrogens is 391 g/mol. The molecule has 3 N–H and O–H groups in total. The van der Waals surface area contributed by atoms with Gasteiger partial charge < -0.3 is 16.0 Å². The van der Waals surface area contributed by atoms with E-state index in [1.165, 1.54) is 38.4 Å². The van der Waals surface area contributed by atoms with Gasteiger partial charge in [-0.05, 0) is 77.4 Å². The summed E-state index contributed by atoms with van der Waals surface area (Å²) in [4.78, 5) is 2.56. The van der Waals surface area contributed by atoms with Gasteiger partial charge in [-0.1, -0.05) is 12.5 Å². The first-order valence-corrected chi connectivity index (χ1v) is 10.4. The van der Waals surface area contributed by atoms with Crippen molar-refractivity contribution in [3.05, 3.63) is 35.4 Å². The number of nitrogens with one attached hydrogen (secondary N) is 1. The zero-order valence-corrected chi connectivity index (χ0v) is 18.2. The second-order valence-corrected chi connectivity index (χ2v) is 7.78. The molecule has 0 unspecified atom stereocenters. The van der Waals surface area contributed by atoms with Crippen molar-refractivity contribution in [3.63, 3.8) is 0 Å². The number of piperidine rings is 1. The molecule has 0 spiro atoms. The van der Waals surface area contributed by atoms with E-state index in [9.17, 15) is 13.2 Å². The van der Waals surface area contributed by atoms with Crippen molar-refractivity contribution in [3.8, 4) is 11.3 Å². The van der Waals surface area contributed by atoms with Crippen molar-refractivity contribution in [2.24, 2.45) is 0 Å². The van der Waals surface area contributed by atoms with Crippen molar-refractivity contribution in [1.82, 2.24) is 15.1 Å². The fraction of sp³-hybridized carbons (Fsp3) is 0.545. The van der Waals surface area contributed by atoms with Crippen LogP contribution in [0.4, 0.5) is 24.7 Å². The molecule has 1 fully saturated rings. The Kier molecular flexibility index (Phi) is 8.46. The number of nitrogens with zero attached hydrogens (tertiary/aromatic N) is 3. The lowest BCUT2D eigenvalue weighted by Crippen LogP contribution is -2.35. The third kappa shape index (κ3) is 6.58. The molecule has 166 valence electrons. The highest BCUT2D eigenvalue weighted by Gasteiger charge is 2.31. The quantitative estimate of drug-likeness (QED) is 0.692. The van der Waals surface area contributed by atoms with Crippen molar-refractivity contribution in [1.29, 1.82) is 0 Å². The van der Waals surface area contributed by atoms with E-state index in [4.69, 9.17) is 5.73 Å². The van der Waals surface area contributed by atoms with Crippen LogP contribution in [0.5, 0.6) is 0 Å². The summed E-state index contributed by atoms with van der Waals surface area (Å²) in [6.07, 6.45) is -0.106. The van der Waals surface area contributed by atoms with Crippen molar-refractivity contribution in [2.75, 3.05) is 30.7 Å². The predicted molar refractivity (Wildman–Crippen MR) is 116 cm³/mol. The predicted octanol–water partition coefficient (Wildman–Crippen LogP) is 5.37. The first-order valence-electron chi connectivity index (χ1n) is 10.4. The number of nitrogens with two attached hydrogens (primary N) is 1. The number of hydrogen-bond donors (Lipinski definition) is 2. The third-order valence-corrected chi connectivity index (χ3v) is 5.13. The van der Waals surface area contributed by atoms with Gasteiger partial charge in [-0.2, -0.15) is 13.2 Å². The second-order valence-electron chi connectivity index (χ2n) is 7.78. The highest BCUT2D eigenvalue weighted by molar-refractivity contribution is 5.76. The average Bonchev–Trinajstić information content (AvgIpc) is 2.71. The van der Waals surface area contributed by atoms with Gasteiger partial charge in [-0.25, -0.2) is 0 Å². The molecule has 2 aromatic rings. The van der Waals surface area contributed by atoms with Crippen molar-refractivity contribution in [2.45, 2.75) is 59.2 Å². The number of benzene rings is 1. The lowest BCUT2D eigenvalue weighted by molar-refractivity contribution is -0.137. The summed E-state index contributed by atoms with van der Waals surface area (Å²) >= 11 is 0. The summed E-state index contributed by atoms with van der Waals surface area (Å²) in [7, 11) is 0.